The average Bonchev–Trinajstić information content (AvgIpc) is 2.70. The lowest BCUT2D eigenvalue weighted by Crippen LogP contribution is -2.64. The first-order valence-corrected chi connectivity index (χ1v) is 12.4. The van der Waals surface area contributed by atoms with Crippen LogP contribution < -0.4 is 0 Å². The Hall–Kier alpha value is -1.82. The van der Waals surface area contributed by atoms with E-state index in [1.807, 2.05) is 0 Å². The molecule has 0 amide bonds. The van der Waals surface area contributed by atoms with Crippen molar-refractivity contribution in [2.75, 3.05) is 12.4 Å². The number of sulfone groups is 1. The normalized spacial score (nSPS) is 27.2. The molecule has 33 heavy (non-hydrogen) atoms. The number of aliphatic hydroxyl groups excluding tert-OH is 3. The highest BCUT2D eigenvalue weighted by Gasteiger charge is 2.59. The van der Waals surface area contributed by atoms with Crippen molar-refractivity contribution in [1.82, 2.24) is 0 Å². The SMILES string of the molecule is CC(=O)O[C@H]1/C(=C/CO)C[C@@H](C[C@@H](O)[C@@H](C)O)O[C@@]1(O)C(C)(C)CS(=O)(=O)c1ccccc1. The predicted octanol–water partition coefficient (Wildman–Crippen LogP) is 0.946. The second-order valence-electron chi connectivity index (χ2n) is 9.09. The van der Waals surface area contributed by atoms with Crippen molar-refractivity contribution in [3.63, 3.8) is 0 Å². The van der Waals surface area contributed by atoms with Gasteiger partial charge in [-0.15, -0.1) is 0 Å². The fourth-order valence-electron chi connectivity index (χ4n) is 4.01. The Balaban J connectivity index is 2.52. The van der Waals surface area contributed by atoms with Crippen molar-refractivity contribution in [2.45, 2.75) is 75.6 Å². The number of hydrogen-bond acceptors (Lipinski definition) is 9. The molecule has 2 rings (SSSR count). The number of hydrogen-bond donors (Lipinski definition) is 4. The van der Waals surface area contributed by atoms with Crippen LogP contribution in [0.2, 0.25) is 0 Å². The number of carbonyl (C=O) groups is 1. The Morgan fingerprint density at radius 1 is 1.30 bits per heavy atom. The Morgan fingerprint density at radius 3 is 2.42 bits per heavy atom. The first kappa shape index (κ1) is 27.4. The Kier molecular flexibility index (Phi) is 8.83. The van der Waals surface area contributed by atoms with Crippen LogP contribution in [0.25, 0.3) is 0 Å². The summed E-state index contributed by atoms with van der Waals surface area (Å²) in [7, 11) is -3.88. The minimum Gasteiger partial charge on any atom is -0.452 e. The smallest absolute Gasteiger partial charge is 0.303 e. The summed E-state index contributed by atoms with van der Waals surface area (Å²) < 4.78 is 37.6. The summed E-state index contributed by atoms with van der Waals surface area (Å²) >= 11 is 0. The zero-order chi connectivity index (χ0) is 25.0. The van der Waals surface area contributed by atoms with Crippen LogP contribution in [0.3, 0.4) is 0 Å². The van der Waals surface area contributed by atoms with Crippen LogP contribution in [-0.2, 0) is 24.1 Å². The second-order valence-corrected chi connectivity index (χ2v) is 11.1. The summed E-state index contributed by atoms with van der Waals surface area (Å²) in [5, 5.41) is 41.2. The standard InChI is InChI=1S/C23H34O9S/c1-15(25)20(27)13-18-12-17(10-11-24)21(31-16(2)26)23(28,32-18)22(3,4)14-33(29,30)19-8-6-5-7-9-19/h5-10,15,18,20-21,24-25,27-28H,11-14H2,1-4H3/b17-10+/t15-,18+,20-,21+,23-/m1/s1. The Bertz CT molecular complexity index is 940. The molecular formula is C23H34O9S. The number of benzene rings is 1. The van der Waals surface area contributed by atoms with Gasteiger partial charge in [-0.25, -0.2) is 8.42 Å². The first-order chi connectivity index (χ1) is 15.2. The van der Waals surface area contributed by atoms with Gasteiger partial charge in [0.15, 0.2) is 15.9 Å². The van der Waals surface area contributed by atoms with E-state index in [1.54, 1.807) is 18.2 Å². The minimum absolute atomic E-state index is 0.0636. The molecule has 0 aromatic heterocycles. The average molecular weight is 487 g/mol. The summed E-state index contributed by atoms with van der Waals surface area (Å²) in [5.41, 5.74) is -1.18. The third-order valence-corrected chi connectivity index (χ3v) is 7.92. The summed E-state index contributed by atoms with van der Waals surface area (Å²) in [6.07, 6.45) is -3.08. The molecule has 186 valence electrons. The van der Waals surface area contributed by atoms with E-state index in [4.69, 9.17) is 9.47 Å². The van der Waals surface area contributed by atoms with E-state index in [0.29, 0.717) is 5.57 Å². The van der Waals surface area contributed by atoms with Crippen LogP contribution >= 0.6 is 0 Å². The van der Waals surface area contributed by atoms with E-state index in [0.717, 1.165) is 6.92 Å². The Labute approximate surface area is 194 Å². The van der Waals surface area contributed by atoms with E-state index in [9.17, 15) is 33.6 Å². The number of rotatable bonds is 9. The van der Waals surface area contributed by atoms with Gasteiger partial charge in [0.25, 0.3) is 0 Å². The highest BCUT2D eigenvalue weighted by atomic mass is 32.2. The molecule has 0 radical (unpaired) electrons. The molecule has 1 saturated heterocycles. The van der Waals surface area contributed by atoms with Crippen molar-refractivity contribution < 1.29 is 43.1 Å². The largest absolute Gasteiger partial charge is 0.452 e. The first-order valence-electron chi connectivity index (χ1n) is 10.7. The maximum absolute atomic E-state index is 13.1. The lowest BCUT2D eigenvalue weighted by Gasteiger charge is -2.51. The van der Waals surface area contributed by atoms with Crippen LogP contribution in [0.1, 0.15) is 40.5 Å². The fourth-order valence-corrected chi connectivity index (χ4v) is 5.91. The highest BCUT2D eigenvalue weighted by molar-refractivity contribution is 7.91. The van der Waals surface area contributed by atoms with Gasteiger partial charge in [-0.05, 0) is 31.1 Å². The van der Waals surface area contributed by atoms with Gasteiger partial charge in [-0.3, -0.25) is 4.79 Å². The van der Waals surface area contributed by atoms with Gasteiger partial charge in [-0.2, -0.15) is 0 Å². The maximum Gasteiger partial charge on any atom is 0.303 e. The van der Waals surface area contributed by atoms with E-state index in [2.05, 4.69) is 0 Å². The van der Waals surface area contributed by atoms with Crippen LogP contribution in [0, 0.1) is 5.41 Å². The van der Waals surface area contributed by atoms with Crippen molar-refractivity contribution >= 4 is 15.8 Å². The molecule has 0 saturated carbocycles. The third-order valence-electron chi connectivity index (χ3n) is 5.82. The van der Waals surface area contributed by atoms with Crippen LogP contribution in [0.5, 0.6) is 0 Å². The molecule has 10 heteroatoms. The van der Waals surface area contributed by atoms with Gasteiger partial charge in [0.05, 0.1) is 35.6 Å². The lowest BCUT2D eigenvalue weighted by atomic mass is 9.75. The van der Waals surface area contributed by atoms with Gasteiger partial charge in [0, 0.05) is 18.8 Å². The van der Waals surface area contributed by atoms with Crippen molar-refractivity contribution in [1.29, 1.82) is 0 Å². The number of aliphatic hydroxyl groups is 4. The van der Waals surface area contributed by atoms with E-state index in [1.165, 1.54) is 39.0 Å². The zero-order valence-corrected chi connectivity index (χ0v) is 20.2. The van der Waals surface area contributed by atoms with Crippen molar-refractivity contribution in [3.05, 3.63) is 42.0 Å². The Morgan fingerprint density at radius 2 is 1.91 bits per heavy atom. The summed E-state index contributed by atoms with van der Waals surface area (Å²) in [5.74, 6) is -3.59. The van der Waals surface area contributed by atoms with Gasteiger partial charge < -0.3 is 29.9 Å². The monoisotopic (exact) mass is 486 g/mol. The van der Waals surface area contributed by atoms with Crippen molar-refractivity contribution in [3.8, 4) is 0 Å². The molecule has 0 spiro atoms. The topological polar surface area (TPSA) is 151 Å². The lowest BCUT2D eigenvalue weighted by molar-refractivity contribution is -0.332. The van der Waals surface area contributed by atoms with Crippen LogP contribution in [0.15, 0.2) is 46.9 Å². The van der Waals surface area contributed by atoms with Gasteiger partial charge >= 0.3 is 5.97 Å². The molecule has 5 atom stereocenters. The van der Waals surface area contributed by atoms with E-state index >= 15 is 0 Å². The van der Waals surface area contributed by atoms with Gasteiger partial charge in [0.2, 0.25) is 5.79 Å². The minimum atomic E-state index is -3.88. The molecule has 4 N–H and O–H groups in total. The summed E-state index contributed by atoms with van der Waals surface area (Å²) in [6, 6.07) is 7.74. The van der Waals surface area contributed by atoms with Crippen LogP contribution in [-0.4, -0.2) is 77.4 Å². The van der Waals surface area contributed by atoms with Gasteiger partial charge in [0.1, 0.15) is 0 Å². The molecule has 0 bridgehead atoms. The molecular weight excluding hydrogens is 452 g/mol. The van der Waals surface area contributed by atoms with E-state index < -0.39 is 63.8 Å². The second kappa shape index (κ2) is 10.6. The van der Waals surface area contributed by atoms with Crippen LogP contribution in [0.4, 0.5) is 0 Å². The molecule has 1 aromatic rings. The summed E-state index contributed by atoms with van der Waals surface area (Å²) in [6.45, 7) is 5.09. The molecule has 0 unspecified atom stereocenters. The van der Waals surface area contributed by atoms with E-state index in [-0.39, 0.29) is 17.7 Å². The molecule has 9 nitrogen and oxygen atoms in total. The van der Waals surface area contributed by atoms with Crippen molar-refractivity contribution in [2.24, 2.45) is 5.41 Å². The highest BCUT2D eigenvalue weighted by Crippen LogP contribution is 2.46. The molecule has 1 heterocycles. The molecule has 1 aliphatic rings. The molecule has 1 aliphatic heterocycles. The molecule has 0 aliphatic carbocycles. The number of esters is 1. The van der Waals surface area contributed by atoms with Gasteiger partial charge in [-0.1, -0.05) is 38.1 Å². The third kappa shape index (κ3) is 6.40. The molecule has 1 fully saturated rings. The maximum atomic E-state index is 13.1. The predicted molar refractivity (Wildman–Crippen MR) is 120 cm³/mol. The fraction of sp³-hybridized carbons (Fsp3) is 0.609. The number of ether oxygens (including phenoxy) is 2. The number of carbonyl (C=O) groups excluding carboxylic acids is 1. The summed E-state index contributed by atoms with van der Waals surface area (Å²) in [4.78, 5) is 11.9. The zero-order valence-electron chi connectivity index (χ0n) is 19.3. The quantitative estimate of drug-likeness (QED) is 0.295. The molecule has 1 aromatic carbocycles.